The van der Waals surface area contributed by atoms with Gasteiger partial charge in [-0.2, -0.15) is 0 Å². The molecule has 0 saturated carbocycles. The summed E-state index contributed by atoms with van der Waals surface area (Å²) in [5.74, 6) is -0.880. The van der Waals surface area contributed by atoms with E-state index in [1.165, 1.54) is 12.1 Å². The third-order valence-electron chi connectivity index (χ3n) is 2.03. The van der Waals surface area contributed by atoms with Crippen LogP contribution in [0.15, 0.2) is 18.2 Å². The minimum absolute atomic E-state index is 0.168. The number of amides is 2. The van der Waals surface area contributed by atoms with Crippen molar-refractivity contribution in [1.29, 1.82) is 0 Å². The zero-order chi connectivity index (χ0) is 13.5. The van der Waals surface area contributed by atoms with Crippen molar-refractivity contribution in [2.45, 2.75) is 0 Å². The van der Waals surface area contributed by atoms with Gasteiger partial charge in [0.25, 0.3) is 5.91 Å². The zero-order valence-corrected chi connectivity index (χ0v) is 10.4. The van der Waals surface area contributed by atoms with E-state index in [-0.39, 0.29) is 25.7 Å². The van der Waals surface area contributed by atoms with Crippen LogP contribution in [-0.4, -0.2) is 31.6 Å². The van der Waals surface area contributed by atoms with Gasteiger partial charge in [-0.3, -0.25) is 9.59 Å². The van der Waals surface area contributed by atoms with Crippen LogP contribution in [0.1, 0.15) is 10.4 Å². The Labute approximate surface area is 109 Å². The highest BCUT2D eigenvalue weighted by molar-refractivity contribution is 6.31. The van der Waals surface area contributed by atoms with Crippen LogP contribution in [0, 0.1) is 0 Å². The quantitative estimate of drug-likeness (QED) is 0.506. The number of nitrogens with two attached hydrogens (primary N) is 2. The molecule has 0 atom stereocenters. The smallest absolute Gasteiger partial charge is 0.253 e. The summed E-state index contributed by atoms with van der Waals surface area (Å²) in [6, 6.07) is 4.62. The second kappa shape index (κ2) is 6.83. The maximum absolute atomic E-state index is 11.7. The first-order valence-corrected chi connectivity index (χ1v) is 5.58. The van der Waals surface area contributed by atoms with Gasteiger partial charge >= 0.3 is 0 Å². The zero-order valence-electron chi connectivity index (χ0n) is 9.61. The molecule has 1 rings (SSSR count). The Morgan fingerprint density at radius 1 is 1.39 bits per heavy atom. The van der Waals surface area contributed by atoms with E-state index in [1.54, 1.807) is 6.07 Å². The Kier molecular flexibility index (Phi) is 5.41. The third-order valence-corrected chi connectivity index (χ3v) is 2.27. The molecular weight excluding hydrogens is 258 g/mol. The number of carbonyl (C=O) groups is 2. The topological polar surface area (TPSA) is 107 Å². The number of hydrogen-bond donors (Lipinski definition) is 3. The van der Waals surface area contributed by atoms with E-state index in [9.17, 15) is 9.59 Å². The van der Waals surface area contributed by atoms with Gasteiger partial charge in [0.2, 0.25) is 5.91 Å². The van der Waals surface area contributed by atoms with Crippen molar-refractivity contribution in [2.75, 3.05) is 25.5 Å². The normalized spacial score (nSPS) is 10.1. The summed E-state index contributed by atoms with van der Waals surface area (Å²) < 4.78 is 4.89. The fourth-order valence-corrected chi connectivity index (χ4v) is 1.43. The Balaban J connectivity index is 2.39. The molecule has 1 aromatic carbocycles. The van der Waals surface area contributed by atoms with E-state index in [4.69, 9.17) is 27.8 Å². The van der Waals surface area contributed by atoms with Crippen LogP contribution in [0.4, 0.5) is 5.69 Å². The number of rotatable bonds is 6. The van der Waals surface area contributed by atoms with Crippen LogP contribution in [0.5, 0.6) is 0 Å². The van der Waals surface area contributed by atoms with Gasteiger partial charge in [0.1, 0.15) is 6.61 Å². The minimum atomic E-state index is -0.553. The van der Waals surface area contributed by atoms with E-state index >= 15 is 0 Å². The van der Waals surface area contributed by atoms with Crippen molar-refractivity contribution in [3.05, 3.63) is 28.8 Å². The fraction of sp³-hybridized carbons (Fsp3) is 0.273. The van der Waals surface area contributed by atoms with Crippen LogP contribution in [0.25, 0.3) is 0 Å². The van der Waals surface area contributed by atoms with Gasteiger partial charge in [-0.15, -0.1) is 0 Å². The molecule has 0 aliphatic carbocycles. The standard InChI is InChI=1S/C11H14ClN3O3/c12-7-1-2-8(9(13)5-7)11(17)15-3-4-18-6-10(14)16/h1-2,5H,3-4,6,13H2,(H2,14,16)(H,15,17). The molecule has 0 radical (unpaired) electrons. The Morgan fingerprint density at radius 3 is 2.72 bits per heavy atom. The summed E-state index contributed by atoms with van der Waals surface area (Å²) in [5.41, 5.74) is 11.2. The predicted molar refractivity (Wildman–Crippen MR) is 68.2 cm³/mol. The minimum Gasteiger partial charge on any atom is -0.398 e. The lowest BCUT2D eigenvalue weighted by Crippen LogP contribution is -2.29. The molecule has 7 heteroatoms. The second-order valence-electron chi connectivity index (χ2n) is 3.51. The lowest BCUT2D eigenvalue weighted by Gasteiger charge is -2.07. The van der Waals surface area contributed by atoms with Crippen LogP contribution < -0.4 is 16.8 Å². The summed E-state index contributed by atoms with van der Waals surface area (Å²) in [7, 11) is 0. The summed E-state index contributed by atoms with van der Waals surface area (Å²) >= 11 is 5.72. The van der Waals surface area contributed by atoms with Crippen molar-refractivity contribution in [3.8, 4) is 0 Å². The number of anilines is 1. The molecule has 98 valence electrons. The highest BCUT2D eigenvalue weighted by atomic mass is 35.5. The van der Waals surface area contributed by atoms with E-state index in [0.29, 0.717) is 16.3 Å². The fourth-order valence-electron chi connectivity index (χ4n) is 1.25. The maximum atomic E-state index is 11.7. The van der Waals surface area contributed by atoms with Gasteiger partial charge in [-0.25, -0.2) is 0 Å². The number of nitrogen functional groups attached to an aromatic ring is 1. The lowest BCUT2D eigenvalue weighted by atomic mass is 10.1. The largest absolute Gasteiger partial charge is 0.398 e. The molecule has 0 fully saturated rings. The number of halogens is 1. The molecule has 0 saturated heterocycles. The van der Waals surface area contributed by atoms with Crippen LogP contribution in [0.2, 0.25) is 5.02 Å². The van der Waals surface area contributed by atoms with Crippen LogP contribution in [0.3, 0.4) is 0 Å². The maximum Gasteiger partial charge on any atom is 0.253 e. The van der Waals surface area contributed by atoms with Crippen molar-refractivity contribution in [2.24, 2.45) is 5.73 Å². The van der Waals surface area contributed by atoms with Crippen molar-refractivity contribution in [1.82, 2.24) is 5.32 Å². The van der Waals surface area contributed by atoms with Gasteiger partial charge in [0, 0.05) is 17.3 Å². The van der Waals surface area contributed by atoms with Gasteiger partial charge in [0.05, 0.1) is 12.2 Å². The Hall–Kier alpha value is -1.79. The molecule has 0 unspecified atom stereocenters. The molecule has 5 N–H and O–H groups in total. The summed E-state index contributed by atoms with van der Waals surface area (Å²) in [6.07, 6.45) is 0. The molecule has 6 nitrogen and oxygen atoms in total. The van der Waals surface area contributed by atoms with Gasteiger partial charge in [-0.05, 0) is 18.2 Å². The highest BCUT2D eigenvalue weighted by Crippen LogP contribution is 2.17. The number of ether oxygens (including phenoxy) is 1. The van der Waals surface area contributed by atoms with Crippen molar-refractivity contribution >= 4 is 29.1 Å². The van der Waals surface area contributed by atoms with E-state index in [0.717, 1.165) is 0 Å². The first kappa shape index (κ1) is 14.3. The molecular formula is C11H14ClN3O3. The number of carbonyl (C=O) groups excluding carboxylic acids is 2. The number of benzene rings is 1. The molecule has 2 amide bonds. The highest BCUT2D eigenvalue weighted by Gasteiger charge is 2.09. The van der Waals surface area contributed by atoms with Gasteiger partial charge in [-0.1, -0.05) is 11.6 Å². The Morgan fingerprint density at radius 2 is 2.11 bits per heavy atom. The van der Waals surface area contributed by atoms with Crippen molar-refractivity contribution in [3.63, 3.8) is 0 Å². The molecule has 0 spiro atoms. The SMILES string of the molecule is NC(=O)COCCNC(=O)c1ccc(Cl)cc1N. The van der Waals surface area contributed by atoms with Crippen LogP contribution >= 0.6 is 11.6 Å². The summed E-state index contributed by atoms with van der Waals surface area (Å²) in [6.45, 7) is 0.287. The first-order valence-electron chi connectivity index (χ1n) is 5.20. The summed E-state index contributed by atoms with van der Waals surface area (Å²) in [4.78, 5) is 22.1. The Bertz CT molecular complexity index is 451. The molecule has 0 aliphatic rings. The average molecular weight is 272 g/mol. The number of hydrogen-bond acceptors (Lipinski definition) is 4. The monoisotopic (exact) mass is 271 g/mol. The van der Waals surface area contributed by atoms with Gasteiger partial charge < -0.3 is 21.5 Å². The third kappa shape index (κ3) is 4.60. The van der Waals surface area contributed by atoms with E-state index < -0.39 is 5.91 Å². The number of nitrogens with one attached hydrogen (secondary N) is 1. The molecule has 0 aromatic heterocycles. The molecule has 0 bridgehead atoms. The van der Waals surface area contributed by atoms with E-state index in [1.807, 2.05) is 0 Å². The second-order valence-corrected chi connectivity index (χ2v) is 3.94. The molecule has 0 aliphatic heterocycles. The molecule has 1 aromatic rings. The predicted octanol–water partition coefficient (Wildman–Crippen LogP) is 0.154. The van der Waals surface area contributed by atoms with E-state index in [2.05, 4.69) is 5.32 Å². The average Bonchev–Trinajstić information content (AvgIpc) is 2.27. The first-order chi connectivity index (χ1) is 8.50. The molecule has 0 heterocycles. The van der Waals surface area contributed by atoms with Gasteiger partial charge in [0.15, 0.2) is 0 Å². The summed E-state index contributed by atoms with van der Waals surface area (Å²) in [5, 5.41) is 3.06. The molecule has 18 heavy (non-hydrogen) atoms. The lowest BCUT2D eigenvalue weighted by molar-refractivity contribution is -0.122. The number of primary amides is 1. The van der Waals surface area contributed by atoms with Crippen molar-refractivity contribution < 1.29 is 14.3 Å². The van der Waals surface area contributed by atoms with Crippen LogP contribution in [-0.2, 0) is 9.53 Å².